The number of benzene rings is 1. The lowest BCUT2D eigenvalue weighted by molar-refractivity contribution is 0.293. The molecule has 2 rings (SSSR count). The Hall–Kier alpha value is -1.39. The Morgan fingerprint density at radius 2 is 2.05 bits per heavy atom. The van der Waals surface area contributed by atoms with E-state index in [-0.39, 0.29) is 0 Å². The van der Waals surface area contributed by atoms with Crippen LogP contribution >= 0.6 is 15.9 Å². The van der Waals surface area contributed by atoms with Gasteiger partial charge in [0.1, 0.15) is 6.61 Å². The van der Waals surface area contributed by atoms with Gasteiger partial charge in [-0.25, -0.2) is 4.98 Å². The molecule has 1 aromatic heterocycles. The van der Waals surface area contributed by atoms with Gasteiger partial charge in [0.25, 0.3) is 0 Å². The number of hydrogen-bond donors (Lipinski definition) is 1. The maximum Gasteiger partial charge on any atom is 0.213 e. The van der Waals surface area contributed by atoms with Gasteiger partial charge in [-0.15, -0.1) is 0 Å². The zero-order chi connectivity index (χ0) is 14.4. The minimum Gasteiger partial charge on any atom is -0.473 e. The number of pyridine rings is 1. The standard InChI is InChI=1S/C16H19BrN2O/c1-3-18-12(2)13-8-9-16(19-10-13)20-11-14-6-4-5-7-15(14)17/h4-10,12,18H,3,11H2,1-2H3. The van der Waals surface area contributed by atoms with Gasteiger partial charge in [0.15, 0.2) is 0 Å². The molecule has 0 aliphatic carbocycles. The Kier molecular flexibility index (Phi) is 5.56. The Labute approximate surface area is 128 Å². The summed E-state index contributed by atoms with van der Waals surface area (Å²) < 4.78 is 6.76. The van der Waals surface area contributed by atoms with E-state index < -0.39 is 0 Å². The number of ether oxygens (including phenoxy) is 1. The van der Waals surface area contributed by atoms with Crippen LogP contribution in [0.1, 0.15) is 31.0 Å². The lowest BCUT2D eigenvalue weighted by atomic mass is 10.1. The van der Waals surface area contributed by atoms with Gasteiger partial charge in [0, 0.05) is 28.3 Å². The van der Waals surface area contributed by atoms with E-state index in [2.05, 4.69) is 46.1 Å². The van der Waals surface area contributed by atoms with Crippen LogP contribution in [0.25, 0.3) is 0 Å². The maximum atomic E-state index is 5.71. The second kappa shape index (κ2) is 7.41. The molecule has 0 radical (unpaired) electrons. The molecule has 0 aliphatic rings. The summed E-state index contributed by atoms with van der Waals surface area (Å²) in [6.45, 7) is 5.68. The van der Waals surface area contributed by atoms with Gasteiger partial charge in [-0.2, -0.15) is 0 Å². The molecule has 0 aliphatic heterocycles. The van der Waals surface area contributed by atoms with Crippen LogP contribution in [-0.4, -0.2) is 11.5 Å². The highest BCUT2D eigenvalue weighted by Crippen LogP contribution is 2.19. The van der Waals surface area contributed by atoms with E-state index in [4.69, 9.17) is 4.74 Å². The first-order chi connectivity index (χ1) is 9.70. The van der Waals surface area contributed by atoms with E-state index in [0.717, 1.165) is 16.6 Å². The number of aromatic nitrogens is 1. The van der Waals surface area contributed by atoms with Crippen molar-refractivity contribution in [3.05, 3.63) is 58.2 Å². The molecule has 2 aromatic rings. The van der Waals surface area contributed by atoms with E-state index in [1.165, 1.54) is 5.56 Å². The zero-order valence-corrected chi connectivity index (χ0v) is 13.4. The first kappa shape index (κ1) is 15.0. The molecular weight excluding hydrogens is 316 g/mol. The highest BCUT2D eigenvalue weighted by molar-refractivity contribution is 9.10. The lowest BCUT2D eigenvalue weighted by Gasteiger charge is -2.13. The summed E-state index contributed by atoms with van der Waals surface area (Å²) >= 11 is 3.51. The summed E-state index contributed by atoms with van der Waals surface area (Å²) in [5.41, 5.74) is 2.28. The monoisotopic (exact) mass is 334 g/mol. The molecule has 1 atom stereocenters. The number of nitrogens with one attached hydrogen (secondary N) is 1. The highest BCUT2D eigenvalue weighted by Gasteiger charge is 2.05. The SMILES string of the molecule is CCNC(C)c1ccc(OCc2ccccc2Br)nc1. The topological polar surface area (TPSA) is 34.1 Å². The van der Waals surface area contributed by atoms with Crippen molar-refractivity contribution in [2.45, 2.75) is 26.5 Å². The molecule has 1 unspecified atom stereocenters. The van der Waals surface area contributed by atoms with Crippen LogP contribution in [0.4, 0.5) is 0 Å². The smallest absolute Gasteiger partial charge is 0.213 e. The molecule has 0 spiro atoms. The van der Waals surface area contributed by atoms with Gasteiger partial charge in [-0.1, -0.05) is 47.1 Å². The molecule has 1 N–H and O–H groups in total. The van der Waals surface area contributed by atoms with Crippen LogP contribution in [0.15, 0.2) is 47.1 Å². The molecule has 106 valence electrons. The third kappa shape index (κ3) is 4.05. The Bertz CT molecular complexity index is 542. The van der Waals surface area contributed by atoms with Gasteiger partial charge >= 0.3 is 0 Å². The minimum atomic E-state index is 0.310. The van der Waals surface area contributed by atoms with Crippen molar-refractivity contribution in [3.63, 3.8) is 0 Å². The minimum absolute atomic E-state index is 0.310. The van der Waals surface area contributed by atoms with Gasteiger partial charge in [0.05, 0.1) is 0 Å². The Balaban J connectivity index is 1.96. The summed E-state index contributed by atoms with van der Waals surface area (Å²) in [6, 6.07) is 12.3. The van der Waals surface area contributed by atoms with Crippen molar-refractivity contribution in [3.8, 4) is 5.88 Å². The first-order valence-electron chi connectivity index (χ1n) is 6.76. The first-order valence-corrected chi connectivity index (χ1v) is 7.55. The number of hydrogen-bond acceptors (Lipinski definition) is 3. The second-order valence-electron chi connectivity index (χ2n) is 4.59. The predicted molar refractivity (Wildman–Crippen MR) is 84.8 cm³/mol. The molecular formula is C16H19BrN2O. The van der Waals surface area contributed by atoms with E-state index in [0.29, 0.717) is 18.5 Å². The number of halogens is 1. The van der Waals surface area contributed by atoms with Crippen molar-refractivity contribution < 1.29 is 4.74 Å². The molecule has 0 amide bonds. The van der Waals surface area contributed by atoms with Crippen LogP contribution in [0, 0.1) is 0 Å². The number of rotatable bonds is 6. The fraction of sp³-hybridized carbons (Fsp3) is 0.312. The summed E-state index contributed by atoms with van der Waals surface area (Å²) in [4.78, 5) is 4.35. The fourth-order valence-corrected chi connectivity index (χ4v) is 2.32. The molecule has 0 saturated heterocycles. The summed E-state index contributed by atoms with van der Waals surface area (Å²) in [7, 11) is 0. The van der Waals surface area contributed by atoms with Gasteiger partial charge in [0.2, 0.25) is 5.88 Å². The van der Waals surface area contributed by atoms with E-state index >= 15 is 0 Å². The summed E-state index contributed by atoms with van der Waals surface area (Å²) in [5, 5.41) is 3.36. The molecule has 0 saturated carbocycles. The van der Waals surface area contributed by atoms with Crippen LogP contribution in [0.5, 0.6) is 5.88 Å². The molecule has 4 heteroatoms. The number of nitrogens with zero attached hydrogens (tertiary/aromatic N) is 1. The fourth-order valence-electron chi connectivity index (χ4n) is 1.92. The van der Waals surface area contributed by atoms with E-state index in [1.807, 2.05) is 36.5 Å². The quantitative estimate of drug-likeness (QED) is 0.863. The van der Waals surface area contributed by atoms with Crippen molar-refractivity contribution in [1.29, 1.82) is 0 Å². The van der Waals surface area contributed by atoms with E-state index in [9.17, 15) is 0 Å². The van der Waals surface area contributed by atoms with Gasteiger partial charge < -0.3 is 10.1 Å². The van der Waals surface area contributed by atoms with Crippen LogP contribution in [0.2, 0.25) is 0 Å². The van der Waals surface area contributed by atoms with E-state index in [1.54, 1.807) is 0 Å². The molecule has 0 bridgehead atoms. The zero-order valence-electron chi connectivity index (χ0n) is 11.8. The largest absolute Gasteiger partial charge is 0.473 e. The Morgan fingerprint density at radius 3 is 2.70 bits per heavy atom. The van der Waals surface area contributed by atoms with Crippen LogP contribution in [-0.2, 0) is 6.61 Å². The molecule has 1 heterocycles. The maximum absolute atomic E-state index is 5.71. The van der Waals surface area contributed by atoms with Crippen molar-refractivity contribution in [2.24, 2.45) is 0 Å². The average Bonchev–Trinajstić information content (AvgIpc) is 2.47. The predicted octanol–water partition coefficient (Wildman–Crippen LogP) is 4.09. The van der Waals surface area contributed by atoms with Gasteiger partial charge in [-0.3, -0.25) is 0 Å². The third-order valence-corrected chi connectivity index (χ3v) is 3.88. The second-order valence-corrected chi connectivity index (χ2v) is 5.44. The van der Waals surface area contributed by atoms with Crippen molar-refractivity contribution in [1.82, 2.24) is 10.3 Å². The van der Waals surface area contributed by atoms with Crippen molar-refractivity contribution >= 4 is 15.9 Å². The average molecular weight is 335 g/mol. The molecule has 3 nitrogen and oxygen atoms in total. The molecule has 0 fully saturated rings. The van der Waals surface area contributed by atoms with Crippen LogP contribution < -0.4 is 10.1 Å². The third-order valence-electron chi connectivity index (χ3n) is 3.10. The van der Waals surface area contributed by atoms with Crippen molar-refractivity contribution in [2.75, 3.05) is 6.54 Å². The Morgan fingerprint density at radius 1 is 1.25 bits per heavy atom. The molecule has 20 heavy (non-hydrogen) atoms. The summed E-state index contributed by atoms with van der Waals surface area (Å²) in [6.07, 6.45) is 1.86. The highest BCUT2D eigenvalue weighted by atomic mass is 79.9. The van der Waals surface area contributed by atoms with Crippen LogP contribution in [0.3, 0.4) is 0 Å². The normalized spacial score (nSPS) is 12.2. The van der Waals surface area contributed by atoms with Gasteiger partial charge in [-0.05, 0) is 25.1 Å². The summed E-state index contributed by atoms with van der Waals surface area (Å²) in [5.74, 6) is 0.646. The molecule has 1 aromatic carbocycles. The lowest BCUT2D eigenvalue weighted by Crippen LogP contribution is -2.17.